The molecule has 0 saturated carbocycles. The molecule has 0 atom stereocenters. The highest BCUT2D eigenvalue weighted by Crippen LogP contribution is 2.19. The van der Waals surface area contributed by atoms with E-state index in [1.165, 1.54) is 0 Å². The monoisotopic (exact) mass is 373 g/mol. The van der Waals surface area contributed by atoms with Crippen molar-refractivity contribution in [2.24, 2.45) is 0 Å². The number of aromatic nitrogens is 3. The molecule has 1 amide bonds. The van der Waals surface area contributed by atoms with Crippen LogP contribution in [0.25, 0.3) is 11.4 Å². The summed E-state index contributed by atoms with van der Waals surface area (Å²) in [6.07, 6.45) is 1.75. The van der Waals surface area contributed by atoms with Gasteiger partial charge in [-0.05, 0) is 50.2 Å². The van der Waals surface area contributed by atoms with Crippen LogP contribution in [0.4, 0.5) is 5.82 Å². The number of pyridine rings is 1. The Morgan fingerprint density at radius 1 is 0.857 bits per heavy atom. The normalized spacial score (nSPS) is 14.2. The highest BCUT2D eigenvalue weighted by atomic mass is 16.2. The predicted octanol–water partition coefficient (Wildman–Crippen LogP) is 3.12. The molecule has 3 aromatic rings. The van der Waals surface area contributed by atoms with Crippen molar-refractivity contribution in [3.8, 4) is 11.4 Å². The van der Waals surface area contributed by atoms with E-state index in [1.54, 1.807) is 6.20 Å². The molecule has 142 valence electrons. The minimum absolute atomic E-state index is 0.100. The summed E-state index contributed by atoms with van der Waals surface area (Å²) in [6, 6.07) is 15.7. The van der Waals surface area contributed by atoms with Crippen LogP contribution in [0.2, 0.25) is 0 Å². The molecule has 6 heteroatoms. The van der Waals surface area contributed by atoms with Crippen LogP contribution in [0.15, 0.2) is 54.7 Å². The third-order valence-corrected chi connectivity index (χ3v) is 4.94. The molecule has 1 fully saturated rings. The molecular formula is C22H23N5O. The van der Waals surface area contributed by atoms with Gasteiger partial charge in [-0.15, -0.1) is 10.2 Å². The van der Waals surface area contributed by atoms with E-state index in [0.29, 0.717) is 13.1 Å². The Balaban J connectivity index is 1.40. The number of carbonyl (C=O) groups excluding carboxylic acids is 1. The number of hydrogen-bond donors (Lipinski definition) is 0. The standard InChI is InChI=1S/C22H23N5O/c1-16-13-17(2)15-18(14-16)22(28)27-11-9-26(10-12-27)21-7-6-20(24-25-21)19-5-3-4-8-23-19/h3-8,13-15H,9-12H2,1-2H3. The van der Waals surface area contributed by atoms with Crippen molar-refractivity contribution in [3.63, 3.8) is 0 Å². The van der Waals surface area contributed by atoms with Gasteiger partial charge in [-0.1, -0.05) is 23.3 Å². The summed E-state index contributed by atoms with van der Waals surface area (Å²) in [5.74, 6) is 0.932. The van der Waals surface area contributed by atoms with Gasteiger partial charge in [0, 0.05) is 37.9 Å². The maximum atomic E-state index is 12.8. The maximum absolute atomic E-state index is 12.8. The first-order chi connectivity index (χ1) is 13.6. The van der Waals surface area contributed by atoms with Crippen LogP contribution < -0.4 is 4.90 Å². The summed E-state index contributed by atoms with van der Waals surface area (Å²) in [6.45, 7) is 6.89. The fourth-order valence-electron chi connectivity index (χ4n) is 3.56. The number of hydrogen-bond acceptors (Lipinski definition) is 5. The fourth-order valence-corrected chi connectivity index (χ4v) is 3.56. The number of benzene rings is 1. The minimum atomic E-state index is 0.100. The van der Waals surface area contributed by atoms with Crippen LogP contribution in [0.5, 0.6) is 0 Å². The number of rotatable bonds is 3. The van der Waals surface area contributed by atoms with Crippen molar-refractivity contribution in [1.29, 1.82) is 0 Å². The van der Waals surface area contributed by atoms with Crippen LogP contribution in [0.1, 0.15) is 21.5 Å². The second-order valence-corrected chi connectivity index (χ2v) is 7.15. The average molecular weight is 373 g/mol. The lowest BCUT2D eigenvalue weighted by Crippen LogP contribution is -2.49. The highest BCUT2D eigenvalue weighted by Gasteiger charge is 2.23. The van der Waals surface area contributed by atoms with Gasteiger partial charge in [0.05, 0.1) is 5.69 Å². The number of piperazine rings is 1. The third kappa shape index (κ3) is 3.86. The second kappa shape index (κ2) is 7.76. The van der Waals surface area contributed by atoms with Gasteiger partial charge in [-0.3, -0.25) is 9.78 Å². The molecule has 0 aliphatic carbocycles. The van der Waals surface area contributed by atoms with E-state index < -0.39 is 0 Å². The molecule has 3 heterocycles. The summed E-state index contributed by atoms with van der Waals surface area (Å²) < 4.78 is 0. The quantitative estimate of drug-likeness (QED) is 0.706. The highest BCUT2D eigenvalue weighted by molar-refractivity contribution is 5.94. The van der Waals surface area contributed by atoms with Crippen molar-refractivity contribution < 1.29 is 4.79 Å². The molecule has 1 aliphatic rings. The Kier molecular flexibility index (Phi) is 5.02. The van der Waals surface area contributed by atoms with Crippen molar-refractivity contribution in [3.05, 3.63) is 71.4 Å². The molecule has 2 aromatic heterocycles. The third-order valence-electron chi connectivity index (χ3n) is 4.94. The van der Waals surface area contributed by atoms with Crippen molar-refractivity contribution >= 4 is 11.7 Å². The van der Waals surface area contributed by atoms with E-state index in [0.717, 1.165) is 47.0 Å². The first-order valence-corrected chi connectivity index (χ1v) is 9.48. The van der Waals surface area contributed by atoms with Crippen LogP contribution in [0, 0.1) is 13.8 Å². The van der Waals surface area contributed by atoms with Crippen LogP contribution in [0.3, 0.4) is 0 Å². The predicted molar refractivity (Wildman–Crippen MR) is 109 cm³/mol. The van der Waals surface area contributed by atoms with Gasteiger partial charge in [0.1, 0.15) is 5.69 Å². The molecule has 0 bridgehead atoms. The van der Waals surface area contributed by atoms with Gasteiger partial charge in [0.15, 0.2) is 5.82 Å². The molecule has 28 heavy (non-hydrogen) atoms. The lowest BCUT2D eigenvalue weighted by Gasteiger charge is -2.35. The summed E-state index contributed by atoms with van der Waals surface area (Å²) in [4.78, 5) is 21.2. The molecule has 0 unspecified atom stereocenters. The lowest BCUT2D eigenvalue weighted by atomic mass is 10.1. The number of amides is 1. The molecule has 0 spiro atoms. The SMILES string of the molecule is Cc1cc(C)cc(C(=O)N2CCN(c3ccc(-c4ccccn4)nn3)CC2)c1. The Morgan fingerprint density at radius 3 is 2.21 bits per heavy atom. The Bertz CT molecular complexity index is 944. The molecule has 1 saturated heterocycles. The van der Waals surface area contributed by atoms with E-state index in [4.69, 9.17) is 0 Å². The summed E-state index contributed by atoms with van der Waals surface area (Å²) in [5.41, 5.74) is 4.57. The topological polar surface area (TPSA) is 62.2 Å². The van der Waals surface area contributed by atoms with Crippen LogP contribution >= 0.6 is 0 Å². The first kappa shape index (κ1) is 18.1. The minimum Gasteiger partial charge on any atom is -0.352 e. The molecule has 0 N–H and O–H groups in total. The second-order valence-electron chi connectivity index (χ2n) is 7.15. The van der Waals surface area contributed by atoms with E-state index >= 15 is 0 Å². The number of nitrogens with zero attached hydrogens (tertiary/aromatic N) is 5. The zero-order valence-corrected chi connectivity index (χ0v) is 16.2. The Morgan fingerprint density at radius 2 is 1.61 bits per heavy atom. The molecule has 0 radical (unpaired) electrons. The Hall–Kier alpha value is -3.28. The smallest absolute Gasteiger partial charge is 0.253 e. The van der Waals surface area contributed by atoms with Gasteiger partial charge in [0.25, 0.3) is 5.91 Å². The van der Waals surface area contributed by atoms with Crippen LogP contribution in [-0.4, -0.2) is 52.2 Å². The lowest BCUT2D eigenvalue weighted by molar-refractivity contribution is 0.0746. The maximum Gasteiger partial charge on any atom is 0.253 e. The van der Waals surface area contributed by atoms with Crippen molar-refractivity contribution in [2.45, 2.75) is 13.8 Å². The zero-order valence-electron chi connectivity index (χ0n) is 16.2. The fraction of sp³-hybridized carbons (Fsp3) is 0.273. The van der Waals surface area contributed by atoms with E-state index in [-0.39, 0.29) is 5.91 Å². The Labute approximate surface area is 164 Å². The molecule has 6 nitrogen and oxygen atoms in total. The molecular weight excluding hydrogens is 350 g/mol. The average Bonchev–Trinajstić information content (AvgIpc) is 2.73. The summed E-state index contributed by atoms with van der Waals surface area (Å²) >= 11 is 0. The van der Waals surface area contributed by atoms with Gasteiger partial charge in [-0.25, -0.2) is 0 Å². The van der Waals surface area contributed by atoms with Crippen molar-refractivity contribution in [2.75, 3.05) is 31.1 Å². The first-order valence-electron chi connectivity index (χ1n) is 9.48. The molecule has 1 aliphatic heterocycles. The summed E-state index contributed by atoms with van der Waals surface area (Å²) in [7, 11) is 0. The van der Waals surface area contributed by atoms with E-state index in [9.17, 15) is 4.79 Å². The van der Waals surface area contributed by atoms with Crippen molar-refractivity contribution in [1.82, 2.24) is 20.1 Å². The summed E-state index contributed by atoms with van der Waals surface area (Å²) in [5, 5.41) is 8.67. The largest absolute Gasteiger partial charge is 0.352 e. The molecule has 1 aromatic carbocycles. The molecule has 4 rings (SSSR count). The van der Waals surface area contributed by atoms with E-state index in [2.05, 4.69) is 26.1 Å². The van der Waals surface area contributed by atoms with E-state index in [1.807, 2.05) is 61.2 Å². The number of carbonyl (C=O) groups is 1. The van der Waals surface area contributed by atoms with Gasteiger partial charge < -0.3 is 9.80 Å². The van der Waals surface area contributed by atoms with Gasteiger partial charge in [0.2, 0.25) is 0 Å². The van der Waals surface area contributed by atoms with Gasteiger partial charge in [-0.2, -0.15) is 0 Å². The zero-order chi connectivity index (χ0) is 19.5. The van der Waals surface area contributed by atoms with Crippen LogP contribution in [-0.2, 0) is 0 Å². The van der Waals surface area contributed by atoms with Gasteiger partial charge >= 0.3 is 0 Å². The number of anilines is 1. The number of aryl methyl sites for hydroxylation is 2.